The van der Waals surface area contributed by atoms with Crippen LogP contribution in [0.4, 0.5) is 10.1 Å². The number of ketones is 1. The second-order valence-electron chi connectivity index (χ2n) is 9.26. The molecule has 37 heavy (non-hydrogen) atoms. The number of Topliss-reactive ketones (excluding diaryl/α,β-unsaturated/α-hetero) is 1. The fourth-order valence-corrected chi connectivity index (χ4v) is 4.71. The molecule has 0 fully saturated rings. The molecule has 4 aromatic rings. The third-order valence-electron chi connectivity index (χ3n) is 6.28. The zero-order valence-corrected chi connectivity index (χ0v) is 21.2. The van der Waals surface area contributed by atoms with Gasteiger partial charge in [0, 0.05) is 36.3 Å². The Morgan fingerprint density at radius 3 is 2.14 bits per heavy atom. The molecule has 4 nitrogen and oxygen atoms in total. The quantitative estimate of drug-likeness (QED) is 0.228. The average Bonchev–Trinajstić information content (AvgIpc) is 3.25. The van der Waals surface area contributed by atoms with E-state index in [-0.39, 0.29) is 29.8 Å². The van der Waals surface area contributed by atoms with E-state index in [4.69, 9.17) is 0 Å². The number of carbonyl (C=O) groups excluding carboxylic acids is 2. The van der Waals surface area contributed by atoms with Gasteiger partial charge in [0.25, 0.3) is 5.91 Å². The van der Waals surface area contributed by atoms with Crippen LogP contribution in [0.25, 0.3) is 22.4 Å². The van der Waals surface area contributed by atoms with Crippen molar-refractivity contribution in [2.24, 2.45) is 0 Å². The molecule has 188 valence electrons. The highest BCUT2D eigenvalue weighted by Crippen LogP contribution is 2.42. The van der Waals surface area contributed by atoms with Crippen LogP contribution in [0.1, 0.15) is 48.7 Å². The Kier molecular flexibility index (Phi) is 8.14. The van der Waals surface area contributed by atoms with Gasteiger partial charge in [0.15, 0.2) is 0 Å². The van der Waals surface area contributed by atoms with Crippen molar-refractivity contribution in [3.63, 3.8) is 0 Å². The van der Waals surface area contributed by atoms with Crippen LogP contribution in [0.2, 0.25) is 0 Å². The third kappa shape index (κ3) is 5.78. The Balaban J connectivity index is 2.01. The van der Waals surface area contributed by atoms with Crippen LogP contribution < -0.4 is 5.32 Å². The van der Waals surface area contributed by atoms with Crippen molar-refractivity contribution in [3.8, 4) is 22.4 Å². The third-order valence-corrected chi connectivity index (χ3v) is 6.28. The van der Waals surface area contributed by atoms with Crippen LogP contribution in [0.3, 0.4) is 0 Å². The minimum absolute atomic E-state index is 0.0253. The van der Waals surface area contributed by atoms with E-state index in [1.165, 1.54) is 12.1 Å². The van der Waals surface area contributed by atoms with E-state index >= 15 is 0 Å². The molecule has 0 bridgehead atoms. The van der Waals surface area contributed by atoms with Crippen LogP contribution in [-0.4, -0.2) is 16.3 Å². The van der Waals surface area contributed by atoms with Crippen molar-refractivity contribution in [1.82, 2.24) is 4.57 Å². The first-order chi connectivity index (χ1) is 17.9. The molecule has 0 radical (unpaired) electrons. The molecule has 0 aliphatic rings. The van der Waals surface area contributed by atoms with E-state index in [1.54, 1.807) is 18.2 Å². The maximum absolute atomic E-state index is 14.0. The number of allylic oxidation sites excluding steroid dienone is 1. The number of nitrogens with one attached hydrogen (secondary N) is 1. The van der Waals surface area contributed by atoms with Gasteiger partial charge in [0.1, 0.15) is 11.6 Å². The van der Waals surface area contributed by atoms with Crippen LogP contribution in [0.5, 0.6) is 0 Å². The molecular formula is C32H31FN2O2. The molecule has 1 heterocycles. The Hall–Kier alpha value is -4.25. The molecular weight excluding hydrogens is 463 g/mol. The number of anilines is 1. The van der Waals surface area contributed by atoms with Gasteiger partial charge in [-0.2, -0.15) is 0 Å². The molecule has 1 aromatic heterocycles. The zero-order valence-electron chi connectivity index (χ0n) is 21.2. The highest BCUT2D eigenvalue weighted by molar-refractivity contribution is 6.12. The minimum atomic E-state index is -0.338. The summed E-state index contributed by atoms with van der Waals surface area (Å²) in [6.45, 7) is 8.16. The van der Waals surface area contributed by atoms with Crippen molar-refractivity contribution < 1.29 is 14.0 Å². The Morgan fingerprint density at radius 2 is 1.54 bits per heavy atom. The summed E-state index contributed by atoms with van der Waals surface area (Å²) in [6, 6.07) is 25.4. The lowest BCUT2D eigenvalue weighted by Gasteiger charge is -2.17. The summed E-state index contributed by atoms with van der Waals surface area (Å²) in [5, 5.41) is 3.06. The van der Waals surface area contributed by atoms with Gasteiger partial charge in [-0.15, -0.1) is 6.58 Å². The number of rotatable bonds is 10. The molecule has 0 saturated carbocycles. The van der Waals surface area contributed by atoms with E-state index in [0.717, 1.165) is 28.1 Å². The summed E-state index contributed by atoms with van der Waals surface area (Å²) in [6.07, 6.45) is 2.19. The standard InChI is InChI=1S/C32H31FN2O2/c1-4-11-27(36)20-21-35-30(22(2)3)29(32(37)34-26-14-9-6-10-15-26)28(23-12-7-5-8-13-23)31(35)24-16-18-25(33)19-17-24/h4-10,12-19,22H,1,11,20-21H2,2-3H3,(H,34,37). The fraction of sp³-hybridized carbons (Fsp3) is 0.188. The van der Waals surface area contributed by atoms with Gasteiger partial charge in [-0.3, -0.25) is 9.59 Å². The normalized spacial score (nSPS) is 10.9. The van der Waals surface area contributed by atoms with Gasteiger partial charge in [0.2, 0.25) is 0 Å². The lowest BCUT2D eigenvalue weighted by molar-refractivity contribution is -0.118. The Bertz CT molecular complexity index is 1390. The van der Waals surface area contributed by atoms with Crippen molar-refractivity contribution in [3.05, 3.63) is 115 Å². The van der Waals surface area contributed by atoms with E-state index in [1.807, 2.05) is 74.5 Å². The van der Waals surface area contributed by atoms with Gasteiger partial charge in [0.05, 0.1) is 11.3 Å². The maximum Gasteiger partial charge on any atom is 0.258 e. The minimum Gasteiger partial charge on any atom is -0.343 e. The van der Waals surface area contributed by atoms with Gasteiger partial charge in [-0.05, 0) is 53.4 Å². The highest BCUT2D eigenvalue weighted by atomic mass is 19.1. The lowest BCUT2D eigenvalue weighted by atomic mass is 9.94. The largest absolute Gasteiger partial charge is 0.343 e. The van der Waals surface area contributed by atoms with Crippen molar-refractivity contribution in [2.45, 2.75) is 39.2 Å². The molecule has 0 aliphatic carbocycles. The van der Waals surface area contributed by atoms with E-state index in [2.05, 4.69) is 16.5 Å². The molecule has 3 aromatic carbocycles. The van der Waals surface area contributed by atoms with Crippen molar-refractivity contribution in [1.29, 1.82) is 0 Å². The number of nitrogens with zero attached hydrogens (tertiary/aromatic N) is 1. The molecule has 0 atom stereocenters. The van der Waals surface area contributed by atoms with Crippen LogP contribution in [0, 0.1) is 5.82 Å². The number of carbonyl (C=O) groups is 2. The summed E-state index contributed by atoms with van der Waals surface area (Å²) in [4.78, 5) is 26.5. The van der Waals surface area contributed by atoms with Crippen molar-refractivity contribution >= 4 is 17.4 Å². The van der Waals surface area contributed by atoms with E-state index in [0.29, 0.717) is 24.2 Å². The van der Waals surface area contributed by atoms with Gasteiger partial charge >= 0.3 is 0 Å². The van der Waals surface area contributed by atoms with Crippen LogP contribution >= 0.6 is 0 Å². The second-order valence-corrected chi connectivity index (χ2v) is 9.26. The fourth-order valence-electron chi connectivity index (χ4n) is 4.71. The number of para-hydroxylation sites is 1. The predicted octanol–water partition coefficient (Wildman–Crippen LogP) is 7.87. The first-order valence-electron chi connectivity index (χ1n) is 12.5. The predicted molar refractivity (Wildman–Crippen MR) is 148 cm³/mol. The first-order valence-corrected chi connectivity index (χ1v) is 12.5. The number of amides is 1. The number of hydrogen-bond acceptors (Lipinski definition) is 2. The molecule has 0 aliphatic heterocycles. The monoisotopic (exact) mass is 494 g/mol. The van der Waals surface area contributed by atoms with Crippen molar-refractivity contribution in [2.75, 3.05) is 5.32 Å². The summed E-state index contributed by atoms with van der Waals surface area (Å²) >= 11 is 0. The molecule has 4 rings (SSSR count). The first kappa shape index (κ1) is 25.8. The van der Waals surface area contributed by atoms with E-state index in [9.17, 15) is 14.0 Å². The van der Waals surface area contributed by atoms with Gasteiger partial charge in [-0.1, -0.05) is 68.5 Å². The molecule has 0 unspecified atom stereocenters. The summed E-state index contributed by atoms with van der Waals surface area (Å²) in [7, 11) is 0. The summed E-state index contributed by atoms with van der Waals surface area (Å²) in [5.41, 5.74) is 5.28. The lowest BCUT2D eigenvalue weighted by Crippen LogP contribution is -2.17. The zero-order chi connectivity index (χ0) is 26.4. The number of aromatic nitrogens is 1. The maximum atomic E-state index is 14.0. The van der Waals surface area contributed by atoms with Gasteiger partial charge in [-0.25, -0.2) is 4.39 Å². The van der Waals surface area contributed by atoms with E-state index < -0.39 is 0 Å². The van der Waals surface area contributed by atoms with Gasteiger partial charge < -0.3 is 9.88 Å². The summed E-state index contributed by atoms with van der Waals surface area (Å²) in [5.74, 6) is -0.522. The molecule has 1 amide bonds. The number of hydrogen-bond donors (Lipinski definition) is 1. The second kappa shape index (κ2) is 11.7. The molecule has 5 heteroatoms. The molecule has 0 saturated heterocycles. The average molecular weight is 495 g/mol. The number of halogens is 1. The molecule has 0 spiro atoms. The highest BCUT2D eigenvalue weighted by Gasteiger charge is 2.30. The topological polar surface area (TPSA) is 51.1 Å². The number of benzene rings is 3. The Labute approximate surface area is 217 Å². The SMILES string of the molecule is C=CCC(=O)CCn1c(-c2ccc(F)cc2)c(-c2ccccc2)c(C(=O)Nc2ccccc2)c1C(C)C. The molecule has 1 N–H and O–H groups in total. The van der Waals surface area contributed by atoms with Crippen LogP contribution in [0.15, 0.2) is 97.6 Å². The summed E-state index contributed by atoms with van der Waals surface area (Å²) < 4.78 is 16.0. The van der Waals surface area contributed by atoms with Crippen LogP contribution in [-0.2, 0) is 11.3 Å². The Morgan fingerprint density at radius 1 is 0.919 bits per heavy atom. The smallest absolute Gasteiger partial charge is 0.258 e.